The van der Waals surface area contributed by atoms with Gasteiger partial charge in [0.05, 0.1) is 0 Å². The Kier molecular flexibility index (Phi) is 11.1. The van der Waals surface area contributed by atoms with Gasteiger partial charge < -0.3 is 10.0 Å². The third kappa shape index (κ3) is 9.82. The zero-order valence-corrected chi connectivity index (χ0v) is 13.4. The normalized spacial score (nSPS) is 12.2. The Morgan fingerprint density at radius 2 is 1.45 bits per heavy atom. The van der Waals surface area contributed by atoms with Crippen molar-refractivity contribution in [1.29, 1.82) is 0 Å². The smallest absolute Gasteiger partial charge is 0.303 e. The molecule has 0 fully saturated rings. The largest absolute Gasteiger partial charge is 0.481 e. The molecule has 20 heavy (non-hydrogen) atoms. The highest BCUT2D eigenvalue weighted by Gasteiger charge is 2.17. The molecule has 118 valence electrons. The SMILES string of the molecule is CCCCCN(CCCCC)C(=O)CC(C)CC(=O)O. The van der Waals surface area contributed by atoms with Crippen LogP contribution in [0, 0.1) is 5.92 Å². The first kappa shape index (κ1) is 18.9. The van der Waals surface area contributed by atoms with Crippen LogP contribution >= 0.6 is 0 Å². The van der Waals surface area contributed by atoms with Crippen molar-refractivity contribution < 1.29 is 14.7 Å². The van der Waals surface area contributed by atoms with E-state index in [1.165, 1.54) is 0 Å². The quantitative estimate of drug-likeness (QED) is 0.556. The summed E-state index contributed by atoms with van der Waals surface area (Å²) in [7, 11) is 0. The summed E-state index contributed by atoms with van der Waals surface area (Å²) < 4.78 is 0. The summed E-state index contributed by atoms with van der Waals surface area (Å²) in [5.41, 5.74) is 0. The number of carboxylic acids is 1. The predicted molar refractivity (Wildman–Crippen MR) is 81.7 cm³/mol. The van der Waals surface area contributed by atoms with Crippen molar-refractivity contribution in [2.45, 2.75) is 72.1 Å². The maximum Gasteiger partial charge on any atom is 0.303 e. The Morgan fingerprint density at radius 1 is 0.950 bits per heavy atom. The molecule has 0 aromatic heterocycles. The monoisotopic (exact) mass is 285 g/mol. The zero-order chi connectivity index (χ0) is 15.4. The summed E-state index contributed by atoms with van der Waals surface area (Å²) in [6, 6.07) is 0. The van der Waals surface area contributed by atoms with Gasteiger partial charge in [0.25, 0.3) is 0 Å². The van der Waals surface area contributed by atoms with Gasteiger partial charge in [-0.05, 0) is 18.8 Å². The minimum Gasteiger partial charge on any atom is -0.481 e. The molecule has 1 amide bonds. The second-order valence-corrected chi connectivity index (χ2v) is 5.70. The molecule has 4 nitrogen and oxygen atoms in total. The molecule has 0 aliphatic rings. The molecule has 1 unspecified atom stereocenters. The van der Waals surface area contributed by atoms with Crippen molar-refractivity contribution >= 4 is 11.9 Å². The fourth-order valence-corrected chi connectivity index (χ4v) is 2.26. The Labute approximate surface area is 123 Å². The zero-order valence-electron chi connectivity index (χ0n) is 13.4. The fraction of sp³-hybridized carbons (Fsp3) is 0.875. The molecule has 1 N–H and O–H groups in total. The third-order valence-corrected chi connectivity index (χ3v) is 3.46. The number of nitrogens with zero attached hydrogens (tertiary/aromatic N) is 1. The molecular weight excluding hydrogens is 254 g/mol. The lowest BCUT2D eigenvalue weighted by molar-refractivity contribution is -0.138. The van der Waals surface area contributed by atoms with E-state index in [2.05, 4.69) is 13.8 Å². The third-order valence-electron chi connectivity index (χ3n) is 3.46. The van der Waals surface area contributed by atoms with Crippen molar-refractivity contribution in [3.8, 4) is 0 Å². The van der Waals surface area contributed by atoms with Gasteiger partial charge in [-0.15, -0.1) is 0 Å². The van der Waals surface area contributed by atoms with Crippen molar-refractivity contribution in [1.82, 2.24) is 4.90 Å². The van der Waals surface area contributed by atoms with E-state index in [-0.39, 0.29) is 18.2 Å². The standard InChI is InChI=1S/C16H31NO3/c1-4-6-8-10-17(11-9-7-5-2)15(18)12-14(3)13-16(19)20/h14H,4-13H2,1-3H3,(H,19,20). The molecular formula is C16H31NO3. The first-order valence-electron chi connectivity index (χ1n) is 8.00. The second kappa shape index (κ2) is 11.7. The van der Waals surface area contributed by atoms with E-state index in [1.807, 2.05) is 11.8 Å². The van der Waals surface area contributed by atoms with Crippen LogP contribution in [0.1, 0.15) is 72.1 Å². The molecule has 0 aliphatic heterocycles. The van der Waals surface area contributed by atoms with Crippen LogP contribution in [0.3, 0.4) is 0 Å². The van der Waals surface area contributed by atoms with Crippen molar-refractivity contribution in [2.75, 3.05) is 13.1 Å². The van der Waals surface area contributed by atoms with Crippen LogP contribution in [0.2, 0.25) is 0 Å². The molecule has 0 aromatic rings. The van der Waals surface area contributed by atoms with Gasteiger partial charge in [0.1, 0.15) is 0 Å². The molecule has 0 aromatic carbocycles. The lowest BCUT2D eigenvalue weighted by Gasteiger charge is -2.24. The van der Waals surface area contributed by atoms with Crippen LogP contribution in [0.25, 0.3) is 0 Å². The number of carbonyl (C=O) groups excluding carboxylic acids is 1. The second-order valence-electron chi connectivity index (χ2n) is 5.70. The van der Waals surface area contributed by atoms with Crippen LogP contribution in [0.15, 0.2) is 0 Å². The number of hydrogen-bond acceptors (Lipinski definition) is 2. The summed E-state index contributed by atoms with van der Waals surface area (Å²) >= 11 is 0. The van der Waals surface area contributed by atoms with Crippen LogP contribution in [0.5, 0.6) is 0 Å². The fourth-order valence-electron chi connectivity index (χ4n) is 2.26. The average Bonchev–Trinajstić information content (AvgIpc) is 2.36. The Hall–Kier alpha value is -1.06. The summed E-state index contributed by atoms with van der Waals surface area (Å²) in [5.74, 6) is -0.792. The minimum absolute atomic E-state index is 0.0729. The van der Waals surface area contributed by atoms with E-state index < -0.39 is 5.97 Å². The molecule has 0 saturated carbocycles. The Morgan fingerprint density at radius 3 is 1.85 bits per heavy atom. The van der Waals surface area contributed by atoms with E-state index in [4.69, 9.17) is 5.11 Å². The van der Waals surface area contributed by atoms with Gasteiger partial charge >= 0.3 is 5.97 Å². The van der Waals surface area contributed by atoms with Gasteiger partial charge in [0.15, 0.2) is 0 Å². The number of rotatable bonds is 12. The van der Waals surface area contributed by atoms with E-state index >= 15 is 0 Å². The topological polar surface area (TPSA) is 57.6 Å². The molecule has 0 saturated heterocycles. The van der Waals surface area contributed by atoms with Crippen molar-refractivity contribution in [3.05, 3.63) is 0 Å². The average molecular weight is 285 g/mol. The highest BCUT2D eigenvalue weighted by molar-refractivity contribution is 5.77. The van der Waals surface area contributed by atoms with Gasteiger partial charge in [-0.2, -0.15) is 0 Å². The van der Waals surface area contributed by atoms with Crippen LogP contribution in [-0.2, 0) is 9.59 Å². The summed E-state index contributed by atoms with van der Waals surface area (Å²) in [4.78, 5) is 24.8. The number of carbonyl (C=O) groups is 2. The number of aliphatic carboxylic acids is 1. The van der Waals surface area contributed by atoms with Gasteiger partial charge in [-0.1, -0.05) is 46.5 Å². The minimum atomic E-state index is -0.825. The van der Waals surface area contributed by atoms with Gasteiger partial charge in [-0.25, -0.2) is 0 Å². The molecule has 0 rings (SSSR count). The summed E-state index contributed by atoms with van der Waals surface area (Å²) in [6.45, 7) is 7.77. The van der Waals surface area contributed by atoms with E-state index in [0.717, 1.165) is 51.6 Å². The van der Waals surface area contributed by atoms with E-state index in [0.29, 0.717) is 6.42 Å². The molecule has 0 radical (unpaired) electrons. The van der Waals surface area contributed by atoms with Crippen molar-refractivity contribution in [2.24, 2.45) is 5.92 Å². The van der Waals surface area contributed by atoms with Crippen LogP contribution < -0.4 is 0 Å². The Bertz CT molecular complexity index is 269. The van der Waals surface area contributed by atoms with E-state index in [1.54, 1.807) is 0 Å². The van der Waals surface area contributed by atoms with Crippen LogP contribution in [-0.4, -0.2) is 35.0 Å². The summed E-state index contributed by atoms with van der Waals surface area (Å²) in [6.07, 6.45) is 7.08. The van der Waals surface area contributed by atoms with E-state index in [9.17, 15) is 9.59 Å². The predicted octanol–water partition coefficient (Wildman–Crippen LogP) is 3.70. The lowest BCUT2D eigenvalue weighted by Crippen LogP contribution is -2.34. The summed E-state index contributed by atoms with van der Waals surface area (Å²) in [5, 5.41) is 8.76. The van der Waals surface area contributed by atoms with Gasteiger partial charge in [-0.3, -0.25) is 9.59 Å². The Balaban J connectivity index is 4.25. The highest BCUT2D eigenvalue weighted by atomic mass is 16.4. The highest BCUT2D eigenvalue weighted by Crippen LogP contribution is 2.12. The molecule has 0 bridgehead atoms. The number of unbranched alkanes of at least 4 members (excludes halogenated alkanes) is 4. The van der Waals surface area contributed by atoms with Crippen molar-refractivity contribution in [3.63, 3.8) is 0 Å². The molecule has 0 heterocycles. The molecule has 4 heteroatoms. The maximum absolute atomic E-state index is 12.3. The molecule has 1 atom stereocenters. The lowest BCUT2D eigenvalue weighted by atomic mass is 10.0. The van der Waals surface area contributed by atoms with Gasteiger partial charge in [0, 0.05) is 25.9 Å². The molecule has 0 aliphatic carbocycles. The van der Waals surface area contributed by atoms with Gasteiger partial charge in [0.2, 0.25) is 5.91 Å². The number of carboxylic acid groups (broad SMARTS) is 1. The van der Waals surface area contributed by atoms with Crippen LogP contribution in [0.4, 0.5) is 0 Å². The molecule has 0 spiro atoms. The first-order chi connectivity index (χ1) is 9.51. The number of hydrogen-bond donors (Lipinski definition) is 1. The number of amides is 1. The first-order valence-corrected chi connectivity index (χ1v) is 8.00. The maximum atomic E-state index is 12.3.